The number of urea groups is 1. The van der Waals surface area contributed by atoms with Crippen molar-refractivity contribution in [3.8, 4) is 0 Å². The van der Waals surface area contributed by atoms with Crippen LogP contribution in [-0.2, 0) is 16.1 Å². The van der Waals surface area contributed by atoms with Crippen LogP contribution in [0.2, 0.25) is 0 Å². The number of aromatic nitrogens is 1. The third-order valence-corrected chi connectivity index (χ3v) is 7.45. The number of hydrogen-bond acceptors (Lipinski definition) is 5. The van der Waals surface area contributed by atoms with Crippen LogP contribution in [0.3, 0.4) is 0 Å². The van der Waals surface area contributed by atoms with Gasteiger partial charge in [0.25, 0.3) is 0 Å². The number of likely N-dealkylation sites (N-methyl/N-ethyl adjacent to an activating group) is 2. The Labute approximate surface area is 223 Å². The lowest BCUT2D eigenvalue weighted by atomic mass is 9.88. The monoisotopic (exact) mass is 528 g/mol. The van der Waals surface area contributed by atoms with Crippen molar-refractivity contribution < 1.29 is 18.4 Å². The molecule has 2 aromatic rings. The second-order valence-electron chi connectivity index (χ2n) is 11.1. The Morgan fingerprint density at radius 2 is 1.79 bits per heavy atom. The first-order valence-electron chi connectivity index (χ1n) is 13.1. The fourth-order valence-corrected chi connectivity index (χ4v) is 5.16. The molecular weight excluding hydrogens is 490 g/mol. The standard InChI is InChI=1S/C23H28F2N4O.C5H10N2O/c1-16-13-28(10-9-26-16)14-21(30)29-15-22(2,3)18-12-27-20(11-19(18)29)23(24,25)17-7-5-4-6-8-17;1-6-3-4-7(2)5(6)8/h4-8,11-12,16,26H,9-10,13-15H2,1-3H3;3-4H2,1-2H3. The number of benzene rings is 1. The average Bonchev–Trinajstić information content (AvgIpc) is 3.34. The molecule has 1 unspecified atom stereocenters. The number of carbonyl (C=O) groups excluding carboxylic acids is 2. The molecule has 0 saturated carbocycles. The van der Waals surface area contributed by atoms with E-state index in [1.807, 2.05) is 27.9 Å². The largest absolute Gasteiger partial charge is 0.326 e. The second kappa shape index (κ2) is 10.9. The Bertz CT molecular complexity index is 1150. The van der Waals surface area contributed by atoms with E-state index in [2.05, 4.69) is 22.1 Å². The van der Waals surface area contributed by atoms with Crippen LogP contribution < -0.4 is 10.2 Å². The summed E-state index contributed by atoms with van der Waals surface area (Å²) in [6.07, 6.45) is 1.52. The quantitative estimate of drug-likeness (QED) is 0.661. The number of nitrogens with zero attached hydrogens (tertiary/aromatic N) is 5. The van der Waals surface area contributed by atoms with E-state index >= 15 is 8.78 Å². The van der Waals surface area contributed by atoms with Crippen molar-refractivity contribution in [3.63, 3.8) is 0 Å². The lowest BCUT2D eigenvalue weighted by Crippen LogP contribution is -2.52. The number of amides is 3. The Hall–Kier alpha value is -3.11. The molecule has 1 aromatic carbocycles. The van der Waals surface area contributed by atoms with Crippen molar-refractivity contribution in [1.82, 2.24) is 25.0 Å². The molecule has 3 aliphatic heterocycles. The minimum atomic E-state index is -3.23. The SMILES string of the molecule is CC1CN(CC(=O)N2CC(C)(C)c3cnc(C(F)(F)c4ccccc4)cc32)CCN1.CN1CCN(C)C1=O. The van der Waals surface area contributed by atoms with Crippen molar-refractivity contribution in [1.29, 1.82) is 0 Å². The summed E-state index contributed by atoms with van der Waals surface area (Å²) in [5, 5.41) is 3.36. The van der Waals surface area contributed by atoms with Gasteiger partial charge in [0.15, 0.2) is 0 Å². The molecule has 5 rings (SSSR count). The van der Waals surface area contributed by atoms with Crippen LogP contribution in [-0.4, -0.2) is 97.6 Å². The number of piperazine rings is 1. The molecule has 1 aromatic heterocycles. The van der Waals surface area contributed by atoms with E-state index in [0.717, 1.165) is 38.3 Å². The Morgan fingerprint density at radius 3 is 2.37 bits per heavy atom. The fraction of sp³-hybridized carbons (Fsp3) is 0.536. The maximum Gasteiger partial charge on any atom is 0.319 e. The van der Waals surface area contributed by atoms with Crippen LogP contribution in [0.4, 0.5) is 19.3 Å². The number of carbonyl (C=O) groups is 2. The third-order valence-electron chi connectivity index (χ3n) is 7.45. The molecule has 10 heteroatoms. The average molecular weight is 529 g/mol. The molecular formula is C28H38F2N6O2. The number of fused-ring (bicyclic) bond motifs is 1. The minimum absolute atomic E-state index is 0.0592. The third kappa shape index (κ3) is 5.81. The highest BCUT2D eigenvalue weighted by Gasteiger charge is 2.42. The number of anilines is 1. The van der Waals surface area contributed by atoms with E-state index in [0.29, 0.717) is 18.3 Å². The summed E-state index contributed by atoms with van der Waals surface area (Å²) in [4.78, 5) is 35.2. The normalized spacial score (nSPS) is 21.3. The van der Waals surface area contributed by atoms with Crippen molar-refractivity contribution >= 4 is 17.6 Å². The summed E-state index contributed by atoms with van der Waals surface area (Å²) in [5.41, 5.74) is 0.599. The molecule has 2 fully saturated rings. The molecule has 0 radical (unpaired) electrons. The van der Waals surface area contributed by atoms with E-state index in [1.54, 1.807) is 32.9 Å². The second-order valence-corrected chi connectivity index (χ2v) is 11.1. The number of pyridine rings is 1. The topological polar surface area (TPSA) is 72.0 Å². The van der Waals surface area contributed by atoms with Gasteiger partial charge < -0.3 is 20.0 Å². The number of hydrogen-bond donors (Lipinski definition) is 1. The molecule has 1 N–H and O–H groups in total. The molecule has 38 heavy (non-hydrogen) atoms. The molecule has 0 aliphatic carbocycles. The van der Waals surface area contributed by atoms with Crippen LogP contribution in [0.1, 0.15) is 37.6 Å². The van der Waals surface area contributed by atoms with E-state index in [4.69, 9.17) is 0 Å². The number of halogens is 2. The Morgan fingerprint density at radius 1 is 1.13 bits per heavy atom. The van der Waals surface area contributed by atoms with Crippen molar-refractivity contribution in [2.75, 3.05) is 64.8 Å². The van der Waals surface area contributed by atoms with Crippen molar-refractivity contribution in [2.45, 2.75) is 38.2 Å². The zero-order valence-electron chi connectivity index (χ0n) is 22.9. The minimum Gasteiger partial charge on any atom is -0.326 e. The van der Waals surface area contributed by atoms with Gasteiger partial charge in [-0.2, -0.15) is 8.78 Å². The summed E-state index contributed by atoms with van der Waals surface area (Å²) >= 11 is 0. The van der Waals surface area contributed by atoms with Crippen LogP contribution in [0, 0.1) is 0 Å². The van der Waals surface area contributed by atoms with Gasteiger partial charge in [-0.3, -0.25) is 14.7 Å². The maximum atomic E-state index is 15.1. The van der Waals surface area contributed by atoms with Gasteiger partial charge >= 0.3 is 12.0 Å². The first-order valence-corrected chi connectivity index (χ1v) is 13.1. The van der Waals surface area contributed by atoms with Gasteiger partial charge in [0.2, 0.25) is 5.91 Å². The predicted octanol–water partition coefficient (Wildman–Crippen LogP) is 3.12. The van der Waals surface area contributed by atoms with Crippen molar-refractivity contribution in [2.24, 2.45) is 0 Å². The lowest BCUT2D eigenvalue weighted by molar-refractivity contribution is -0.120. The number of alkyl halides is 2. The zero-order chi connectivity index (χ0) is 27.7. The molecule has 8 nitrogen and oxygen atoms in total. The molecule has 0 spiro atoms. The molecule has 2 saturated heterocycles. The van der Waals surface area contributed by atoms with Crippen LogP contribution >= 0.6 is 0 Å². The molecule has 1 atom stereocenters. The highest BCUT2D eigenvalue weighted by Crippen LogP contribution is 2.43. The zero-order valence-corrected chi connectivity index (χ0v) is 22.9. The van der Waals surface area contributed by atoms with Gasteiger partial charge in [0, 0.05) is 82.1 Å². The Kier molecular flexibility index (Phi) is 8.04. The predicted molar refractivity (Wildman–Crippen MR) is 144 cm³/mol. The summed E-state index contributed by atoms with van der Waals surface area (Å²) in [5.74, 6) is -3.29. The van der Waals surface area contributed by atoms with Gasteiger partial charge in [-0.15, -0.1) is 0 Å². The highest BCUT2D eigenvalue weighted by molar-refractivity contribution is 5.97. The van der Waals surface area contributed by atoms with E-state index in [-0.39, 0.29) is 35.2 Å². The van der Waals surface area contributed by atoms with E-state index in [9.17, 15) is 9.59 Å². The first-order chi connectivity index (χ1) is 17.9. The van der Waals surface area contributed by atoms with Crippen LogP contribution in [0.15, 0.2) is 42.6 Å². The summed E-state index contributed by atoms with van der Waals surface area (Å²) in [7, 11) is 3.62. The lowest BCUT2D eigenvalue weighted by Gasteiger charge is -2.32. The number of rotatable bonds is 4. The smallest absolute Gasteiger partial charge is 0.319 e. The van der Waals surface area contributed by atoms with E-state index < -0.39 is 5.92 Å². The van der Waals surface area contributed by atoms with Crippen LogP contribution in [0.25, 0.3) is 0 Å². The van der Waals surface area contributed by atoms with Gasteiger partial charge in [0.05, 0.1) is 12.2 Å². The molecule has 206 valence electrons. The van der Waals surface area contributed by atoms with Crippen LogP contribution in [0.5, 0.6) is 0 Å². The van der Waals surface area contributed by atoms with Gasteiger partial charge in [-0.25, -0.2) is 4.79 Å². The van der Waals surface area contributed by atoms with Crippen molar-refractivity contribution in [3.05, 3.63) is 59.4 Å². The van der Waals surface area contributed by atoms with Gasteiger partial charge in [-0.05, 0) is 13.0 Å². The molecule has 4 heterocycles. The van der Waals surface area contributed by atoms with Gasteiger partial charge in [0.1, 0.15) is 5.69 Å². The fourth-order valence-electron chi connectivity index (χ4n) is 5.16. The van der Waals surface area contributed by atoms with Gasteiger partial charge in [-0.1, -0.05) is 44.2 Å². The molecule has 0 bridgehead atoms. The highest BCUT2D eigenvalue weighted by atomic mass is 19.3. The Balaban J connectivity index is 0.000000360. The molecule has 3 aliphatic rings. The first kappa shape index (κ1) is 27.9. The van der Waals surface area contributed by atoms with E-state index in [1.165, 1.54) is 24.4 Å². The summed E-state index contributed by atoms with van der Waals surface area (Å²) < 4.78 is 30.2. The number of nitrogens with one attached hydrogen (secondary N) is 1. The summed E-state index contributed by atoms with van der Waals surface area (Å²) in [6.45, 7) is 11.1. The summed E-state index contributed by atoms with van der Waals surface area (Å²) in [6, 6.07) is 9.53. The molecule has 3 amide bonds. The maximum absolute atomic E-state index is 15.1.